The van der Waals surface area contributed by atoms with E-state index in [1.807, 2.05) is 49.4 Å². The lowest BCUT2D eigenvalue weighted by molar-refractivity contribution is 0.621. The van der Waals surface area contributed by atoms with E-state index in [1.165, 1.54) is 0 Å². The molecule has 1 aromatic carbocycles. The van der Waals surface area contributed by atoms with Gasteiger partial charge in [0.1, 0.15) is 0 Å². The van der Waals surface area contributed by atoms with Crippen LogP contribution in [0.3, 0.4) is 0 Å². The second kappa shape index (κ2) is 8.43. The Hall–Kier alpha value is -1.68. The molecule has 0 bridgehead atoms. The minimum atomic E-state index is 0.557. The monoisotopic (exact) mass is 275 g/mol. The van der Waals surface area contributed by atoms with E-state index >= 15 is 0 Å². The fraction of sp³-hybridized carbons (Fsp3) is 0.333. The second-order valence-corrected chi connectivity index (χ2v) is 5.12. The van der Waals surface area contributed by atoms with Crippen LogP contribution >= 0.6 is 12.2 Å². The number of allylic oxidation sites excluding steroid dienone is 1. The van der Waals surface area contributed by atoms with Gasteiger partial charge in [0.05, 0.1) is 5.71 Å². The van der Waals surface area contributed by atoms with Crippen LogP contribution in [0.2, 0.25) is 0 Å². The molecule has 0 atom stereocenters. The Bertz CT molecular complexity index is 450. The van der Waals surface area contributed by atoms with Crippen LogP contribution < -0.4 is 10.7 Å². The molecule has 0 saturated heterocycles. The third-order valence-corrected chi connectivity index (χ3v) is 2.56. The molecule has 0 radical (unpaired) electrons. The van der Waals surface area contributed by atoms with Crippen molar-refractivity contribution in [3.8, 4) is 0 Å². The molecule has 0 unspecified atom stereocenters. The zero-order chi connectivity index (χ0) is 14.1. The molecular formula is C15H21N3S. The first kappa shape index (κ1) is 15.4. The van der Waals surface area contributed by atoms with Crippen LogP contribution in [0.4, 0.5) is 0 Å². The molecular weight excluding hydrogens is 254 g/mol. The first-order valence-corrected chi connectivity index (χ1v) is 6.80. The third kappa shape index (κ3) is 7.36. The van der Waals surface area contributed by atoms with Gasteiger partial charge in [-0.2, -0.15) is 5.10 Å². The highest BCUT2D eigenvalue weighted by molar-refractivity contribution is 7.80. The van der Waals surface area contributed by atoms with Gasteiger partial charge in [-0.05, 0) is 36.7 Å². The zero-order valence-electron chi connectivity index (χ0n) is 11.7. The fourth-order valence-electron chi connectivity index (χ4n) is 1.29. The lowest BCUT2D eigenvalue weighted by atomic mass is 10.2. The van der Waals surface area contributed by atoms with E-state index in [0.717, 1.165) is 17.8 Å². The van der Waals surface area contributed by atoms with Crippen molar-refractivity contribution < 1.29 is 0 Å². The molecule has 0 fully saturated rings. The molecule has 3 nitrogen and oxygen atoms in total. The number of hydrazone groups is 1. The maximum atomic E-state index is 5.12. The Balaban J connectivity index is 2.41. The number of rotatable bonds is 5. The van der Waals surface area contributed by atoms with Crippen LogP contribution in [0, 0.1) is 5.92 Å². The first-order chi connectivity index (χ1) is 9.08. The van der Waals surface area contributed by atoms with Crippen molar-refractivity contribution in [1.82, 2.24) is 10.7 Å². The van der Waals surface area contributed by atoms with Crippen LogP contribution in [0.25, 0.3) is 6.08 Å². The van der Waals surface area contributed by atoms with E-state index in [1.54, 1.807) is 0 Å². The second-order valence-electron chi connectivity index (χ2n) is 4.71. The Morgan fingerprint density at radius 3 is 2.63 bits per heavy atom. The molecule has 0 saturated carbocycles. The molecule has 4 heteroatoms. The van der Waals surface area contributed by atoms with Crippen LogP contribution in [-0.4, -0.2) is 17.4 Å². The predicted octanol–water partition coefficient (Wildman–Crippen LogP) is 3.20. The molecule has 0 aliphatic rings. The van der Waals surface area contributed by atoms with E-state index in [0.29, 0.717) is 11.0 Å². The first-order valence-electron chi connectivity index (χ1n) is 6.39. The highest BCUT2D eigenvalue weighted by Crippen LogP contribution is 2.00. The van der Waals surface area contributed by atoms with Crippen molar-refractivity contribution in [3.63, 3.8) is 0 Å². The Kier molecular flexibility index (Phi) is 6.82. The van der Waals surface area contributed by atoms with Gasteiger partial charge in [-0.25, -0.2) is 0 Å². The molecule has 0 heterocycles. The number of hydrogen-bond acceptors (Lipinski definition) is 2. The van der Waals surface area contributed by atoms with E-state index in [4.69, 9.17) is 12.2 Å². The summed E-state index contributed by atoms with van der Waals surface area (Å²) in [5, 5.41) is 7.85. The summed E-state index contributed by atoms with van der Waals surface area (Å²) >= 11 is 5.12. The van der Waals surface area contributed by atoms with Crippen LogP contribution in [0.5, 0.6) is 0 Å². The average molecular weight is 275 g/mol. The number of benzene rings is 1. The Labute approximate surface area is 120 Å². The summed E-state index contributed by atoms with van der Waals surface area (Å²) in [5.41, 5.74) is 4.85. The summed E-state index contributed by atoms with van der Waals surface area (Å²) < 4.78 is 0. The minimum Gasteiger partial charge on any atom is -0.361 e. The highest BCUT2D eigenvalue weighted by atomic mass is 32.1. The van der Waals surface area contributed by atoms with E-state index in [9.17, 15) is 0 Å². The minimum absolute atomic E-state index is 0.557. The number of thiocarbonyl (C=S) groups is 1. The van der Waals surface area contributed by atoms with Gasteiger partial charge < -0.3 is 5.32 Å². The van der Waals surface area contributed by atoms with E-state index in [2.05, 4.69) is 29.7 Å². The largest absolute Gasteiger partial charge is 0.361 e. The lowest BCUT2D eigenvalue weighted by Crippen LogP contribution is -2.34. The van der Waals surface area contributed by atoms with Gasteiger partial charge >= 0.3 is 0 Å². The predicted molar refractivity (Wildman–Crippen MR) is 87.2 cm³/mol. The molecule has 102 valence electrons. The maximum absolute atomic E-state index is 5.12. The Morgan fingerprint density at radius 2 is 2.00 bits per heavy atom. The van der Waals surface area contributed by atoms with Crippen molar-refractivity contribution >= 4 is 29.1 Å². The van der Waals surface area contributed by atoms with Gasteiger partial charge in [0.15, 0.2) is 5.11 Å². The summed E-state index contributed by atoms with van der Waals surface area (Å²) in [5.74, 6) is 0.558. The van der Waals surface area contributed by atoms with Crippen LogP contribution in [-0.2, 0) is 0 Å². The molecule has 0 aromatic heterocycles. The summed E-state index contributed by atoms with van der Waals surface area (Å²) in [4.78, 5) is 0. The molecule has 1 rings (SSSR count). The topological polar surface area (TPSA) is 36.4 Å². The van der Waals surface area contributed by atoms with Gasteiger partial charge in [0, 0.05) is 6.54 Å². The van der Waals surface area contributed by atoms with Gasteiger partial charge in [0.25, 0.3) is 0 Å². The summed E-state index contributed by atoms with van der Waals surface area (Å²) in [6, 6.07) is 10.1. The van der Waals surface area contributed by atoms with Gasteiger partial charge in [-0.15, -0.1) is 0 Å². The summed E-state index contributed by atoms with van der Waals surface area (Å²) in [6.07, 6.45) is 3.97. The molecule has 0 amide bonds. The molecule has 19 heavy (non-hydrogen) atoms. The molecule has 0 spiro atoms. The van der Waals surface area contributed by atoms with Crippen LogP contribution in [0.1, 0.15) is 26.3 Å². The van der Waals surface area contributed by atoms with Gasteiger partial charge in [0.2, 0.25) is 0 Å². The Morgan fingerprint density at radius 1 is 1.32 bits per heavy atom. The fourth-order valence-corrected chi connectivity index (χ4v) is 1.42. The van der Waals surface area contributed by atoms with Crippen molar-refractivity contribution in [2.75, 3.05) is 6.54 Å². The van der Waals surface area contributed by atoms with Crippen molar-refractivity contribution in [2.45, 2.75) is 20.8 Å². The number of nitrogens with zero attached hydrogens (tertiary/aromatic N) is 1. The van der Waals surface area contributed by atoms with Gasteiger partial charge in [-0.3, -0.25) is 5.43 Å². The van der Waals surface area contributed by atoms with Gasteiger partial charge in [-0.1, -0.05) is 50.3 Å². The number of nitrogens with one attached hydrogen (secondary N) is 2. The van der Waals surface area contributed by atoms with Crippen LogP contribution in [0.15, 0.2) is 41.5 Å². The normalized spacial score (nSPS) is 11.9. The average Bonchev–Trinajstić information content (AvgIpc) is 2.41. The summed E-state index contributed by atoms with van der Waals surface area (Å²) in [6.45, 7) is 7.04. The smallest absolute Gasteiger partial charge is 0.186 e. The van der Waals surface area contributed by atoms with Crippen molar-refractivity contribution in [1.29, 1.82) is 0 Å². The highest BCUT2D eigenvalue weighted by Gasteiger charge is 1.95. The zero-order valence-corrected chi connectivity index (χ0v) is 12.5. The molecule has 0 aliphatic heterocycles. The summed E-state index contributed by atoms with van der Waals surface area (Å²) in [7, 11) is 0. The van der Waals surface area contributed by atoms with Crippen molar-refractivity contribution in [2.24, 2.45) is 11.0 Å². The molecule has 0 aliphatic carbocycles. The lowest BCUT2D eigenvalue weighted by Gasteiger charge is -2.09. The molecule has 1 aromatic rings. The maximum Gasteiger partial charge on any atom is 0.186 e. The number of hydrogen-bond donors (Lipinski definition) is 2. The van der Waals surface area contributed by atoms with E-state index < -0.39 is 0 Å². The molecule has 2 N–H and O–H groups in total. The third-order valence-electron chi connectivity index (χ3n) is 2.32. The standard InChI is InChI=1S/C15H21N3S/c1-12(2)11-16-15(19)18-17-13(3)9-10-14-7-5-4-6-8-14/h4-10,12H,11H2,1-3H3,(H2,16,18,19)/b10-9+,17-13-. The van der Waals surface area contributed by atoms with Crippen molar-refractivity contribution in [3.05, 3.63) is 42.0 Å². The van der Waals surface area contributed by atoms with E-state index in [-0.39, 0.29) is 0 Å². The SMILES string of the molecule is CC(/C=C/c1ccccc1)=N/NC(=S)NCC(C)C. The quantitative estimate of drug-likeness (QED) is 0.492.